The van der Waals surface area contributed by atoms with Crippen molar-refractivity contribution in [3.05, 3.63) is 59.9 Å². The first-order valence-electron chi connectivity index (χ1n) is 9.69. The predicted molar refractivity (Wildman–Crippen MR) is 123 cm³/mol. The number of amides is 1. The molecule has 0 saturated carbocycles. The molecular weight excluding hydrogens is 416 g/mol. The van der Waals surface area contributed by atoms with Crippen molar-refractivity contribution in [3.8, 4) is 5.75 Å². The van der Waals surface area contributed by atoms with Crippen LogP contribution in [0.1, 0.15) is 24.7 Å². The van der Waals surface area contributed by atoms with Crippen LogP contribution in [0.2, 0.25) is 0 Å². The molecule has 1 atom stereocenters. The highest BCUT2D eigenvalue weighted by Gasteiger charge is 2.22. The molecule has 0 aliphatic rings. The van der Waals surface area contributed by atoms with E-state index < -0.39 is 0 Å². The van der Waals surface area contributed by atoms with Crippen LogP contribution < -0.4 is 10.1 Å². The molecule has 0 bridgehead atoms. The molecule has 3 aromatic rings. The number of benzene rings is 2. The van der Waals surface area contributed by atoms with Gasteiger partial charge in [0, 0.05) is 17.6 Å². The fourth-order valence-electron chi connectivity index (χ4n) is 2.70. The molecule has 1 N–H and O–H groups in total. The van der Waals surface area contributed by atoms with E-state index in [1.165, 1.54) is 22.2 Å². The number of thioether (sulfide) groups is 2. The van der Waals surface area contributed by atoms with E-state index in [0.29, 0.717) is 6.42 Å². The second-order valence-electron chi connectivity index (χ2n) is 6.79. The quantitative estimate of drug-likeness (QED) is 0.474. The van der Waals surface area contributed by atoms with E-state index in [2.05, 4.69) is 46.7 Å². The van der Waals surface area contributed by atoms with E-state index >= 15 is 0 Å². The van der Waals surface area contributed by atoms with Crippen LogP contribution in [-0.2, 0) is 17.6 Å². The zero-order valence-corrected chi connectivity index (χ0v) is 19.2. The third-order valence-corrected chi connectivity index (χ3v) is 6.99. The lowest BCUT2D eigenvalue weighted by Gasteiger charge is -2.14. The van der Waals surface area contributed by atoms with E-state index in [1.807, 2.05) is 42.8 Å². The Morgan fingerprint density at radius 1 is 1.13 bits per heavy atom. The molecular formula is C22H26N4O2S2. The Balaban J connectivity index is 1.60. The number of ether oxygens (including phenoxy) is 1. The van der Waals surface area contributed by atoms with Gasteiger partial charge in [-0.25, -0.2) is 0 Å². The molecule has 1 amide bonds. The van der Waals surface area contributed by atoms with Crippen molar-refractivity contribution in [2.24, 2.45) is 7.05 Å². The Bertz CT molecular complexity index is 972. The summed E-state index contributed by atoms with van der Waals surface area (Å²) < 4.78 is 7.12. The van der Waals surface area contributed by atoms with Gasteiger partial charge in [0.25, 0.3) is 0 Å². The average Bonchev–Trinajstić information content (AvgIpc) is 3.11. The number of rotatable bonds is 9. The van der Waals surface area contributed by atoms with E-state index in [-0.39, 0.29) is 11.2 Å². The first-order chi connectivity index (χ1) is 14.5. The minimum atomic E-state index is -0.257. The molecule has 0 radical (unpaired) electrons. The van der Waals surface area contributed by atoms with Gasteiger partial charge in [-0.2, -0.15) is 0 Å². The number of hydrogen-bond donors (Lipinski definition) is 1. The number of aryl methyl sites for hydroxylation is 1. The highest BCUT2D eigenvalue weighted by atomic mass is 32.2. The van der Waals surface area contributed by atoms with Gasteiger partial charge >= 0.3 is 0 Å². The number of anilines is 1. The monoisotopic (exact) mass is 442 g/mol. The van der Waals surface area contributed by atoms with Crippen molar-refractivity contribution in [3.63, 3.8) is 0 Å². The van der Waals surface area contributed by atoms with Crippen LogP contribution in [0.3, 0.4) is 0 Å². The summed E-state index contributed by atoms with van der Waals surface area (Å²) in [6, 6.07) is 15.7. The lowest BCUT2D eigenvalue weighted by Crippen LogP contribution is -2.25. The molecule has 6 nitrogen and oxygen atoms in total. The minimum absolute atomic E-state index is 0.0498. The Kier molecular flexibility index (Phi) is 7.81. The Morgan fingerprint density at radius 3 is 2.47 bits per heavy atom. The van der Waals surface area contributed by atoms with Gasteiger partial charge in [-0.05, 0) is 49.7 Å². The summed E-state index contributed by atoms with van der Waals surface area (Å²) in [4.78, 5) is 13.9. The molecule has 8 heteroatoms. The van der Waals surface area contributed by atoms with Gasteiger partial charge in [0.2, 0.25) is 5.91 Å². The van der Waals surface area contributed by atoms with Gasteiger partial charge in [0.15, 0.2) is 5.16 Å². The SMILES string of the molecule is CCC(Sc1nnc(CSc2ccc(C)cc2)n1C)C(=O)Nc1ccc(OC)cc1. The van der Waals surface area contributed by atoms with Crippen molar-refractivity contribution >= 4 is 35.1 Å². The summed E-state index contributed by atoms with van der Waals surface area (Å²) in [5.41, 5.74) is 1.99. The summed E-state index contributed by atoms with van der Waals surface area (Å²) >= 11 is 3.16. The van der Waals surface area contributed by atoms with Crippen LogP contribution in [-0.4, -0.2) is 33.0 Å². The van der Waals surface area contributed by atoms with Crippen LogP contribution in [0.4, 0.5) is 5.69 Å². The maximum Gasteiger partial charge on any atom is 0.237 e. The summed E-state index contributed by atoms with van der Waals surface area (Å²) in [5.74, 6) is 2.31. The molecule has 0 fully saturated rings. The molecule has 1 heterocycles. The second-order valence-corrected chi connectivity index (χ2v) is 9.01. The molecule has 1 aromatic heterocycles. The van der Waals surface area contributed by atoms with Gasteiger partial charge in [0.1, 0.15) is 11.6 Å². The highest BCUT2D eigenvalue weighted by Crippen LogP contribution is 2.28. The molecule has 158 valence electrons. The second kappa shape index (κ2) is 10.5. The molecule has 0 aliphatic carbocycles. The normalized spacial score (nSPS) is 11.9. The number of hydrogen-bond acceptors (Lipinski definition) is 6. The fraction of sp³-hybridized carbons (Fsp3) is 0.318. The minimum Gasteiger partial charge on any atom is -0.497 e. The number of carbonyl (C=O) groups is 1. The molecule has 30 heavy (non-hydrogen) atoms. The number of carbonyl (C=O) groups excluding carboxylic acids is 1. The predicted octanol–water partition coefficient (Wildman–Crippen LogP) is 4.93. The zero-order chi connectivity index (χ0) is 21.5. The van der Waals surface area contributed by atoms with Crippen LogP contribution in [0.15, 0.2) is 58.6 Å². The topological polar surface area (TPSA) is 69.0 Å². The number of aromatic nitrogens is 3. The lowest BCUT2D eigenvalue weighted by molar-refractivity contribution is -0.115. The zero-order valence-electron chi connectivity index (χ0n) is 17.6. The Morgan fingerprint density at radius 2 is 1.83 bits per heavy atom. The maximum atomic E-state index is 12.7. The van der Waals surface area contributed by atoms with Gasteiger partial charge in [-0.1, -0.05) is 36.4 Å². The van der Waals surface area contributed by atoms with E-state index in [0.717, 1.165) is 28.2 Å². The van der Waals surface area contributed by atoms with Gasteiger partial charge < -0.3 is 14.6 Å². The van der Waals surface area contributed by atoms with Crippen LogP contribution in [0.5, 0.6) is 5.75 Å². The van der Waals surface area contributed by atoms with Gasteiger partial charge in [-0.15, -0.1) is 22.0 Å². The van der Waals surface area contributed by atoms with E-state index in [9.17, 15) is 4.79 Å². The van der Waals surface area contributed by atoms with E-state index in [4.69, 9.17) is 4.74 Å². The summed E-state index contributed by atoms with van der Waals surface area (Å²) in [6.07, 6.45) is 0.687. The maximum absolute atomic E-state index is 12.7. The molecule has 0 aliphatic heterocycles. The first kappa shape index (κ1) is 22.2. The fourth-order valence-corrected chi connectivity index (χ4v) is 4.52. The number of methoxy groups -OCH3 is 1. The van der Waals surface area contributed by atoms with Gasteiger partial charge in [-0.3, -0.25) is 4.79 Å². The summed E-state index contributed by atoms with van der Waals surface area (Å²) in [6.45, 7) is 4.07. The third kappa shape index (κ3) is 5.79. The van der Waals surface area contributed by atoms with Gasteiger partial charge in [0.05, 0.1) is 18.1 Å². The standard InChI is InChI=1S/C22H26N4O2S2/c1-5-19(21(27)23-16-8-10-17(28-4)11-9-16)30-22-25-24-20(26(22)3)14-29-18-12-6-15(2)7-13-18/h6-13,19H,5,14H2,1-4H3,(H,23,27). The average molecular weight is 443 g/mol. The van der Waals surface area contributed by atoms with Crippen molar-refractivity contribution in [2.45, 2.75) is 41.3 Å². The van der Waals surface area contributed by atoms with Crippen molar-refractivity contribution < 1.29 is 9.53 Å². The molecule has 2 aromatic carbocycles. The Hall–Kier alpha value is -2.45. The largest absolute Gasteiger partial charge is 0.497 e. The smallest absolute Gasteiger partial charge is 0.237 e. The highest BCUT2D eigenvalue weighted by molar-refractivity contribution is 8.00. The molecule has 1 unspecified atom stereocenters. The van der Waals surface area contributed by atoms with E-state index in [1.54, 1.807) is 18.9 Å². The lowest BCUT2D eigenvalue weighted by atomic mass is 10.2. The number of nitrogens with one attached hydrogen (secondary N) is 1. The van der Waals surface area contributed by atoms with Crippen molar-refractivity contribution in [1.29, 1.82) is 0 Å². The van der Waals surface area contributed by atoms with Crippen LogP contribution in [0, 0.1) is 6.92 Å². The van der Waals surface area contributed by atoms with Crippen LogP contribution >= 0.6 is 23.5 Å². The third-order valence-electron chi connectivity index (χ3n) is 4.58. The van der Waals surface area contributed by atoms with Crippen molar-refractivity contribution in [1.82, 2.24) is 14.8 Å². The summed E-state index contributed by atoms with van der Waals surface area (Å²) in [5, 5.41) is 12.1. The first-order valence-corrected chi connectivity index (χ1v) is 11.6. The van der Waals surface area contributed by atoms with Crippen LogP contribution in [0.25, 0.3) is 0 Å². The number of nitrogens with zero attached hydrogens (tertiary/aromatic N) is 3. The van der Waals surface area contributed by atoms with Crippen molar-refractivity contribution in [2.75, 3.05) is 12.4 Å². The Labute approximate surface area is 185 Å². The molecule has 0 spiro atoms. The molecule has 0 saturated heterocycles. The molecule has 3 rings (SSSR count). The summed E-state index contributed by atoms with van der Waals surface area (Å²) in [7, 11) is 3.56.